The lowest BCUT2D eigenvalue weighted by molar-refractivity contribution is -0.147. The van der Waals surface area contributed by atoms with E-state index in [1.165, 1.54) is 5.56 Å². The zero-order chi connectivity index (χ0) is 28.9. The summed E-state index contributed by atoms with van der Waals surface area (Å²) in [5, 5.41) is 2.79. The number of nitrogens with one attached hydrogen (secondary N) is 1. The normalized spacial score (nSPS) is 11.2. The van der Waals surface area contributed by atoms with Crippen LogP contribution in [0.4, 0.5) is 5.69 Å². The molecule has 8 nitrogen and oxygen atoms in total. The Bertz CT molecular complexity index is 1300. The summed E-state index contributed by atoms with van der Waals surface area (Å²) in [5.41, 5.74) is 1.97. The molecular weight excluding hydrogens is 510 g/mol. The maximum Gasteiger partial charge on any atom is 0.374 e. The number of anilines is 1. The lowest BCUT2D eigenvalue weighted by atomic mass is 10.1. The van der Waals surface area contributed by atoms with Gasteiger partial charge in [-0.15, -0.1) is 0 Å². The Labute approximate surface area is 234 Å². The van der Waals surface area contributed by atoms with Crippen molar-refractivity contribution in [1.82, 2.24) is 0 Å². The van der Waals surface area contributed by atoms with E-state index in [2.05, 4.69) is 17.4 Å². The second kappa shape index (κ2) is 15.1. The third kappa shape index (κ3) is 9.94. The fourth-order valence-corrected chi connectivity index (χ4v) is 3.56. The second-order valence-corrected chi connectivity index (χ2v) is 9.46. The molecule has 3 rings (SSSR count). The van der Waals surface area contributed by atoms with Crippen molar-refractivity contribution in [2.75, 3.05) is 11.9 Å². The molecule has 0 heterocycles. The van der Waals surface area contributed by atoms with Gasteiger partial charge >= 0.3 is 11.9 Å². The predicted octanol–water partition coefficient (Wildman–Crippen LogP) is 6.12. The molecule has 3 aromatic rings. The highest BCUT2D eigenvalue weighted by molar-refractivity contribution is 6.05. The van der Waals surface area contributed by atoms with Crippen molar-refractivity contribution in [3.05, 3.63) is 102 Å². The predicted molar refractivity (Wildman–Crippen MR) is 152 cm³/mol. The third-order valence-electron chi connectivity index (χ3n) is 5.34. The molecule has 0 saturated carbocycles. The van der Waals surface area contributed by atoms with Gasteiger partial charge in [0.15, 0.2) is 5.75 Å². The lowest BCUT2D eigenvalue weighted by Crippen LogP contribution is -2.20. The van der Waals surface area contributed by atoms with Crippen LogP contribution in [0, 0.1) is 0 Å². The Kier molecular flexibility index (Phi) is 11.3. The number of amides is 1. The van der Waals surface area contributed by atoms with Gasteiger partial charge in [0, 0.05) is 5.56 Å². The van der Waals surface area contributed by atoms with Gasteiger partial charge in [-0.2, -0.15) is 0 Å². The van der Waals surface area contributed by atoms with Crippen molar-refractivity contribution >= 4 is 23.5 Å². The van der Waals surface area contributed by atoms with Crippen molar-refractivity contribution < 1.29 is 33.3 Å². The summed E-state index contributed by atoms with van der Waals surface area (Å²) in [7, 11) is 0. The van der Waals surface area contributed by atoms with E-state index >= 15 is 0 Å². The zero-order valence-corrected chi connectivity index (χ0v) is 23.2. The standard InChI is InChI=1S/C32H35NO7/c1-22(2)38-30(34)21-29(32(36)39-23(3)4)40-28-15-9-8-14-27(28)33-31(35)25-16-18-26(19-17-25)37-20-10-13-24-11-6-5-7-12-24/h5-9,11-12,14-19,21-23H,10,13,20H2,1-4H3,(H,33,35)/b29-21+. The highest BCUT2D eigenvalue weighted by Gasteiger charge is 2.20. The summed E-state index contributed by atoms with van der Waals surface area (Å²) in [5.74, 6) is -1.53. The van der Waals surface area contributed by atoms with Gasteiger partial charge in [0.2, 0.25) is 5.76 Å². The number of benzene rings is 3. The fourth-order valence-electron chi connectivity index (χ4n) is 3.56. The van der Waals surface area contributed by atoms with E-state index in [1.54, 1.807) is 76.2 Å². The first-order valence-electron chi connectivity index (χ1n) is 13.2. The molecule has 8 heteroatoms. The SMILES string of the molecule is CC(C)OC(=O)/C=C(/Oc1ccccc1NC(=O)c1ccc(OCCCc2ccccc2)cc1)C(=O)OC(C)C. The van der Waals surface area contributed by atoms with Gasteiger partial charge in [0.25, 0.3) is 5.91 Å². The zero-order valence-electron chi connectivity index (χ0n) is 23.2. The van der Waals surface area contributed by atoms with Crippen molar-refractivity contribution in [2.45, 2.75) is 52.7 Å². The molecule has 0 radical (unpaired) electrons. The Morgan fingerprint density at radius 2 is 1.45 bits per heavy atom. The number of aryl methyl sites for hydroxylation is 1. The first-order chi connectivity index (χ1) is 19.2. The molecule has 0 fully saturated rings. The molecule has 0 bridgehead atoms. The van der Waals surface area contributed by atoms with Crippen LogP contribution in [0.2, 0.25) is 0 Å². The quantitative estimate of drug-likeness (QED) is 0.120. The topological polar surface area (TPSA) is 100 Å². The van der Waals surface area contributed by atoms with Gasteiger partial charge in [-0.25, -0.2) is 9.59 Å². The monoisotopic (exact) mass is 545 g/mol. The van der Waals surface area contributed by atoms with E-state index < -0.39 is 18.0 Å². The van der Waals surface area contributed by atoms with Gasteiger partial charge < -0.3 is 24.3 Å². The van der Waals surface area contributed by atoms with Gasteiger partial charge in [-0.1, -0.05) is 42.5 Å². The van der Waals surface area contributed by atoms with E-state index in [0.29, 0.717) is 23.6 Å². The molecule has 1 N–H and O–H groups in total. The number of ether oxygens (including phenoxy) is 4. The number of rotatable bonds is 13. The van der Waals surface area contributed by atoms with Crippen LogP contribution in [0.5, 0.6) is 11.5 Å². The molecule has 0 spiro atoms. The molecule has 0 aromatic heterocycles. The number of hydrogen-bond acceptors (Lipinski definition) is 7. The van der Waals surface area contributed by atoms with E-state index in [-0.39, 0.29) is 23.5 Å². The minimum Gasteiger partial charge on any atom is -0.494 e. The summed E-state index contributed by atoms with van der Waals surface area (Å²) in [6.07, 6.45) is 1.91. The molecular formula is C32H35NO7. The van der Waals surface area contributed by atoms with Crippen LogP contribution < -0.4 is 14.8 Å². The van der Waals surface area contributed by atoms with Crippen LogP contribution in [-0.4, -0.2) is 36.7 Å². The van der Waals surface area contributed by atoms with Crippen LogP contribution in [0.3, 0.4) is 0 Å². The van der Waals surface area contributed by atoms with Gasteiger partial charge in [-0.05, 0) is 82.5 Å². The summed E-state index contributed by atoms with van der Waals surface area (Å²) in [4.78, 5) is 37.8. The maximum absolute atomic E-state index is 13.0. The molecule has 1 amide bonds. The Morgan fingerprint density at radius 3 is 2.12 bits per heavy atom. The molecule has 3 aromatic carbocycles. The Balaban J connectivity index is 1.64. The smallest absolute Gasteiger partial charge is 0.374 e. The average molecular weight is 546 g/mol. The van der Waals surface area contributed by atoms with Crippen molar-refractivity contribution in [1.29, 1.82) is 0 Å². The van der Waals surface area contributed by atoms with Gasteiger partial charge in [0.05, 0.1) is 30.6 Å². The number of hydrogen-bond donors (Lipinski definition) is 1. The van der Waals surface area contributed by atoms with Crippen molar-refractivity contribution in [3.8, 4) is 11.5 Å². The van der Waals surface area contributed by atoms with E-state index in [0.717, 1.165) is 18.9 Å². The minimum absolute atomic E-state index is 0.151. The number of carbonyl (C=O) groups is 3. The van der Waals surface area contributed by atoms with Crippen LogP contribution in [0.1, 0.15) is 50.0 Å². The highest BCUT2D eigenvalue weighted by Crippen LogP contribution is 2.27. The molecule has 0 unspecified atom stereocenters. The Morgan fingerprint density at radius 1 is 0.800 bits per heavy atom. The largest absolute Gasteiger partial charge is 0.494 e. The van der Waals surface area contributed by atoms with E-state index in [4.69, 9.17) is 18.9 Å². The van der Waals surface area contributed by atoms with E-state index in [9.17, 15) is 14.4 Å². The van der Waals surface area contributed by atoms with Crippen LogP contribution in [-0.2, 0) is 25.5 Å². The number of carbonyl (C=O) groups excluding carboxylic acids is 3. The van der Waals surface area contributed by atoms with Crippen molar-refractivity contribution in [3.63, 3.8) is 0 Å². The molecule has 0 aliphatic heterocycles. The van der Waals surface area contributed by atoms with Crippen LogP contribution >= 0.6 is 0 Å². The average Bonchev–Trinajstić information content (AvgIpc) is 2.92. The first-order valence-corrected chi connectivity index (χ1v) is 13.2. The number of para-hydroxylation sites is 2. The van der Waals surface area contributed by atoms with Crippen LogP contribution in [0.25, 0.3) is 0 Å². The minimum atomic E-state index is -0.837. The van der Waals surface area contributed by atoms with Crippen molar-refractivity contribution in [2.24, 2.45) is 0 Å². The van der Waals surface area contributed by atoms with E-state index in [1.807, 2.05) is 18.2 Å². The van der Waals surface area contributed by atoms with Crippen LogP contribution in [0.15, 0.2) is 90.7 Å². The molecule has 0 saturated heterocycles. The Hall–Kier alpha value is -4.59. The maximum atomic E-state index is 13.0. The summed E-state index contributed by atoms with van der Waals surface area (Å²) < 4.78 is 21.9. The number of esters is 2. The molecule has 40 heavy (non-hydrogen) atoms. The third-order valence-corrected chi connectivity index (χ3v) is 5.34. The lowest BCUT2D eigenvalue weighted by Gasteiger charge is -2.15. The van der Waals surface area contributed by atoms with Gasteiger partial charge in [-0.3, -0.25) is 4.79 Å². The molecule has 0 aliphatic rings. The molecule has 0 aliphatic carbocycles. The summed E-state index contributed by atoms with van der Waals surface area (Å²) in [6, 6.07) is 23.6. The molecule has 0 atom stereocenters. The summed E-state index contributed by atoms with van der Waals surface area (Å²) >= 11 is 0. The second-order valence-electron chi connectivity index (χ2n) is 9.46. The highest BCUT2D eigenvalue weighted by atomic mass is 16.6. The van der Waals surface area contributed by atoms with Gasteiger partial charge in [0.1, 0.15) is 5.75 Å². The first kappa shape index (κ1) is 30.0. The molecule has 210 valence electrons. The fraction of sp³-hybridized carbons (Fsp3) is 0.281. The summed E-state index contributed by atoms with van der Waals surface area (Å²) in [6.45, 7) is 7.29.